The standard InChI is InChI=1S/C20H14ClN5O2/c21-14-6-8-16(9-7-14)25-13-11-18(27)19(24-25)17-10-12-26(23-17)20(28)22-15-4-2-1-3-5-15/h1-13H,(H,22,28). The number of rotatable bonds is 3. The third kappa shape index (κ3) is 3.70. The summed E-state index contributed by atoms with van der Waals surface area (Å²) >= 11 is 5.91. The fourth-order valence-corrected chi connectivity index (χ4v) is 2.71. The van der Waals surface area contributed by atoms with Gasteiger partial charge in [0.25, 0.3) is 0 Å². The normalized spacial score (nSPS) is 10.6. The van der Waals surface area contributed by atoms with E-state index >= 15 is 0 Å². The van der Waals surface area contributed by atoms with E-state index in [-0.39, 0.29) is 11.1 Å². The van der Waals surface area contributed by atoms with E-state index in [2.05, 4.69) is 15.5 Å². The van der Waals surface area contributed by atoms with Crippen LogP contribution in [0.1, 0.15) is 0 Å². The number of hydrogen-bond acceptors (Lipinski definition) is 4. The Bertz CT molecular complexity index is 1180. The summed E-state index contributed by atoms with van der Waals surface area (Å²) in [7, 11) is 0. The molecular formula is C20H14ClN5O2. The number of hydrogen-bond donors (Lipinski definition) is 1. The van der Waals surface area contributed by atoms with Gasteiger partial charge in [-0.15, -0.1) is 0 Å². The van der Waals surface area contributed by atoms with E-state index < -0.39 is 6.03 Å². The van der Waals surface area contributed by atoms with Crippen molar-refractivity contribution in [3.63, 3.8) is 0 Å². The predicted octanol–water partition coefficient (Wildman–Crippen LogP) is 3.83. The Balaban J connectivity index is 1.63. The van der Waals surface area contributed by atoms with Crippen LogP contribution in [0.5, 0.6) is 0 Å². The molecule has 4 rings (SSSR count). The maximum Gasteiger partial charge on any atom is 0.346 e. The lowest BCUT2D eigenvalue weighted by Crippen LogP contribution is -2.20. The minimum absolute atomic E-state index is 0.142. The van der Waals surface area contributed by atoms with Crippen molar-refractivity contribution in [3.05, 3.63) is 94.4 Å². The molecule has 0 spiro atoms. The van der Waals surface area contributed by atoms with Crippen LogP contribution in [0.25, 0.3) is 17.1 Å². The van der Waals surface area contributed by atoms with Crippen molar-refractivity contribution in [1.29, 1.82) is 0 Å². The number of aromatic nitrogens is 4. The van der Waals surface area contributed by atoms with Crippen molar-refractivity contribution in [3.8, 4) is 17.1 Å². The van der Waals surface area contributed by atoms with Crippen LogP contribution in [-0.4, -0.2) is 25.6 Å². The molecule has 0 aliphatic carbocycles. The highest BCUT2D eigenvalue weighted by atomic mass is 35.5. The average molecular weight is 392 g/mol. The Morgan fingerprint density at radius 2 is 1.64 bits per heavy atom. The zero-order chi connectivity index (χ0) is 19.5. The summed E-state index contributed by atoms with van der Waals surface area (Å²) in [5.74, 6) is 0. The second-order valence-electron chi connectivity index (χ2n) is 5.89. The fourth-order valence-electron chi connectivity index (χ4n) is 2.59. The largest absolute Gasteiger partial charge is 0.346 e. The van der Waals surface area contributed by atoms with Crippen molar-refractivity contribution in [2.24, 2.45) is 0 Å². The van der Waals surface area contributed by atoms with Gasteiger partial charge in [0.15, 0.2) is 5.69 Å². The molecule has 138 valence electrons. The first kappa shape index (κ1) is 17.7. The van der Waals surface area contributed by atoms with Crippen LogP contribution in [0.4, 0.5) is 10.5 Å². The molecule has 8 heteroatoms. The summed E-state index contributed by atoms with van der Waals surface area (Å²) in [6.07, 6.45) is 3.04. The first-order valence-corrected chi connectivity index (χ1v) is 8.76. The molecule has 2 aromatic carbocycles. The molecule has 0 atom stereocenters. The molecule has 2 aromatic heterocycles. The molecule has 1 amide bonds. The topological polar surface area (TPSA) is 81.8 Å². The van der Waals surface area contributed by atoms with Crippen LogP contribution in [0.15, 0.2) is 83.9 Å². The summed E-state index contributed by atoms with van der Waals surface area (Å²) in [6, 6.07) is 18.6. The summed E-state index contributed by atoms with van der Waals surface area (Å²) in [4.78, 5) is 24.6. The van der Waals surface area contributed by atoms with Crippen molar-refractivity contribution >= 4 is 23.3 Å². The van der Waals surface area contributed by atoms with Crippen LogP contribution in [0.3, 0.4) is 0 Å². The number of anilines is 1. The summed E-state index contributed by atoms with van der Waals surface area (Å²) < 4.78 is 2.68. The highest BCUT2D eigenvalue weighted by Crippen LogP contribution is 2.15. The van der Waals surface area contributed by atoms with E-state index in [4.69, 9.17) is 11.6 Å². The summed E-state index contributed by atoms with van der Waals surface area (Å²) in [5, 5.41) is 11.9. The number of carbonyl (C=O) groups excluding carboxylic acids is 1. The monoisotopic (exact) mass is 391 g/mol. The molecule has 4 aromatic rings. The summed E-state index contributed by atoms with van der Waals surface area (Å²) in [6.45, 7) is 0. The van der Waals surface area contributed by atoms with Crippen LogP contribution < -0.4 is 10.7 Å². The van der Waals surface area contributed by atoms with Crippen molar-refractivity contribution in [1.82, 2.24) is 19.6 Å². The van der Waals surface area contributed by atoms with Crippen LogP contribution in [-0.2, 0) is 0 Å². The molecule has 28 heavy (non-hydrogen) atoms. The minimum Gasteiger partial charge on any atom is -0.306 e. The Labute approximate surface area is 164 Å². The van der Waals surface area contributed by atoms with Crippen LogP contribution in [0.2, 0.25) is 5.02 Å². The Morgan fingerprint density at radius 1 is 0.893 bits per heavy atom. The maximum atomic E-state index is 12.3. The van der Waals surface area contributed by atoms with Gasteiger partial charge in [0.2, 0.25) is 5.43 Å². The van der Waals surface area contributed by atoms with Gasteiger partial charge in [-0.25, -0.2) is 9.48 Å². The van der Waals surface area contributed by atoms with Gasteiger partial charge in [0.1, 0.15) is 5.69 Å². The second-order valence-corrected chi connectivity index (χ2v) is 6.33. The lowest BCUT2D eigenvalue weighted by Gasteiger charge is -2.06. The van der Waals surface area contributed by atoms with Gasteiger partial charge in [-0.05, 0) is 42.5 Å². The quantitative estimate of drug-likeness (QED) is 0.575. The molecule has 0 aliphatic heterocycles. The molecule has 2 heterocycles. The molecule has 0 fully saturated rings. The predicted molar refractivity (Wildman–Crippen MR) is 107 cm³/mol. The molecule has 1 N–H and O–H groups in total. The van der Waals surface area contributed by atoms with E-state index in [1.165, 1.54) is 12.3 Å². The Kier molecular flexibility index (Phi) is 4.74. The molecule has 0 bridgehead atoms. The lowest BCUT2D eigenvalue weighted by atomic mass is 10.3. The smallest absolute Gasteiger partial charge is 0.306 e. The molecule has 0 aliphatic rings. The Morgan fingerprint density at radius 3 is 2.39 bits per heavy atom. The molecule has 0 saturated carbocycles. The van der Waals surface area contributed by atoms with Gasteiger partial charge in [-0.2, -0.15) is 14.9 Å². The molecule has 0 saturated heterocycles. The number of nitrogens with one attached hydrogen (secondary N) is 1. The number of para-hydroxylation sites is 1. The van der Waals surface area contributed by atoms with Gasteiger partial charge >= 0.3 is 6.03 Å². The van der Waals surface area contributed by atoms with Gasteiger partial charge in [0.05, 0.1) is 5.69 Å². The maximum absolute atomic E-state index is 12.3. The van der Waals surface area contributed by atoms with Gasteiger partial charge in [-0.1, -0.05) is 29.8 Å². The van der Waals surface area contributed by atoms with Crippen molar-refractivity contribution in [2.75, 3.05) is 5.32 Å². The number of benzene rings is 2. The molecular weight excluding hydrogens is 378 g/mol. The summed E-state index contributed by atoms with van der Waals surface area (Å²) in [5.41, 5.74) is 1.54. The highest BCUT2D eigenvalue weighted by Gasteiger charge is 2.13. The van der Waals surface area contributed by atoms with E-state index in [9.17, 15) is 9.59 Å². The van der Waals surface area contributed by atoms with Crippen molar-refractivity contribution < 1.29 is 4.79 Å². The molecule has 0 unspecified atom stereocenters. The van der Waals surface area contributed by atoms with Gasteiger partial charge in [-0.3, -0.25) is 4.79 Å². The van der Waals surface area contributed by atoms with Gasteiger partial charge < -0.3 is 5.32 Å². The van der Waals surface area contributed by atoms with Gasteiger partial charge in [0, 0.05) is 29.2 Å². The third-order valence-electron chi connectivity index (χ3n) is 3.96. The van der Waals surface area contributed by atoms with E-state index in [0.29, 0.717) is 16.4 Å². The first-order valence-electron chi connectivity index (χ1n) is 8.38. The number of amides is 1. The third-order valence-corrected chi connectivity index (χ3v) is 4.22. The van der Waals surface area contributed by atoms with Crippen LogP contribution in [0, 0.1) is 0 Å². The zero-order valence-electron chi connectivity index (χ0n) is 14.5. The molecule has 0 radical (unpaired) electrons. The number of carbonyl (C=O) groups is 1. The number of nitrogens with zero attached hydrogens (tertiary/aromatic N) is 4. The first-order chi connectivity index (χ1) is 13.6. The van der Waals surface area contributed by atoms with E-state index in [1.807, 2.05) is 18.2 Å². The van der Waals surface area contributed by atoms with Crippen LogP contribution >= 0.6 is 11.6 Å². The van der Waals surface area contributed by atoms with E-state index in [0.717, 1.165) is 10.4 Å². The average Bonchev–Trinajstić information content (AvgIpc) is 3.20. The molecule has 7 nitrogen and oxygen atoms in total. The fraction of sp³-hybridized carbons (Fsp3) is 0. The van der Waals surface area contributed by atoms with E-state index in [1.54, 1.807) is 53.3 Å². The lowest BCUT2D eigenvalue weighted by molar-refractivity contribution is 0.251. The number of halogens is 1. The SMILES string of the molecule is O=C(Nc1ccccc1)n1ccc(-c2nn(-c3ccc(Cl)cc3)ccc2=O)n1. The highest BCUT2D eigenvalue weighted by molar-refractivity contribution is 6.30. The minimum atomic E-state index is -0.439. The second kappa shape index (κ2) is 7.50. The Hall–Kier alpha value is -3.71. The van der Waals surface area contributed by atoms with Crippen molar-refractivity contribution in [2.45, 2.75) is 0 Å². The zero-order valence-corrected chi connectivity index (χ0v) is 15.2.